The highest BCUT2D eigenvalue weighted by molar-refractivity contribution is 7.07. The van der Waals surface area contributed by atoms with Crippen molar-refractivity contribution in [3.8, 4) is 5.75 Å². The van der Waals surface area contributed by atoms with Crippen LogP contribution in [0.5, 0.6) is 5.75 Å². The van der Waals surface area contributed by atoms with Gasteiger partial charge in [-0.25, -0.2) is 0 Å². The number of hydrogen-bond donors (Lipinski definition) is 1. The summed E-state index contributed by atoms with van der Waals surface area (Å²) in [5.74, 6) is 0.265. The molecule has 0 bridgehead atoms. The van der Waals surface area contributed by atoms with Crippen LogP contribution in [0.4, 0.5) is 11.4 Å². The molecule has 0 atom stereocenters. The Balaban J connectivity index is 2.14. The van der Waals surface area contributed by atoms with Gasteiger partial charge in [-0.05, 0) is 34.5 Å². The van der Waals surface area contributed by atoms with Crippen LogP contribution in [-0.4, -0.2) is 12.0 Å². The molecule has 0 radical (unpaired) electrons. The van der Waals surface area contributed by atoms with E-state index >= 15 is 0 Å². The minimum atomic E-state index is -0.450. The highest BCUT2D eigenvalue weighted by Crippen LogP contribution is 2.29. The molecule has 0 aliphatic carbocycles. The summed E-state index contributed by atoms with van der Waals surface area (Å²) in [6.07, 6.45) is 0. The summed E-state index contributed by atoms with van der Waals surface area (Å²) < 4.78 is 4.94. The molecule has 0 saturated carbocycles. The molecule has 0 fully saturated rings. The standard InChI is InChI=1S/C12H12N2O3S/c1-17-12-3-2-10(6-11(12)14(15)16)13-7-9-4-5-18-8-9/h2-6,8,13H,7H2,1H3. The molecule has 6 heteroatoms. The van der Waals surface area contributed by atoms with Gasteiger partial charge < -0.3 is 10.1 Å². The molecule has 18 heavy (non-hydrogen) atoms. The Morgan fingerprint density at radius 2 is 2.28 bits per heavy atom. The third kappa shape index (κ3) is 2.78. The van der Waals surface area contributed by atoms with Gasteiger partial charge in [-0.3, -0.25) is 10.1 Å². The van der Waals surface area contributed by atoms with Crippen molar-refractivity contribution < 1.29 is 9.66 Å². The second-order valence-corrected chi connectivity index (χ2v) is 4.41. The number of thiophene rings is 1. The molecule has 1 aromatic heterocycles. The van der Waals surface area contributed by atoms with Crippen molar-refractivity contribution in [3.63, 3.8) is 0 Å². The van der Waals surface area contributed by atoms with Gasteiger partial charge in [0.15, 0.2) is 5.75 Å². The van der Waals surface area contributed by atoms with E-state index < -0.39 is 4.92 Å². The Morgan fingerprint density at radius 1 is 1.44 bits per heavy atom. The van der Waals surface area contributed by atoms with Crippen LogP contribution in [0.25, 0.3) is 0 Å². The smallest absolute Gasteiger partial charge is 0.312 e. The number of methoxy groups -OCH3 is 1. The second kappa shape index (κ2) is 5.50. The number of nitrogens with zero attached hydrogens (tertiary/aromatic N) is 1. The maximum atomic E-state index is 10.9. The van der Waals surface area contributed by atoms with Gasteiger partial charge in [0.05, 0.1) is 12.0 Å². The summed E-state index contributed by atoms with van der Waals surface area (Å²) in [6.45, 7) is 0.646. The molecule has 0 saturated heterocycles. The molecular weight excluding hydrogens is 252 g/mol. The zero-order valence-corrected chi connectivity index (χ0v) is 10.6. The van der Waals surface area contributed by atoms with Crippen LogP contribution in [0.1, 0.15) is 5.56 Å². The van der Waals surface area contributed by atoms with Crippen LogP contribution >= 0.6 is 11.3 Å². The summed E-state index contributed by atoms with van der Waals surface area (Å²) >= 11 is 1.62. The van der Waals surface area contributed by atoms with Crippen molar-refractivity contribution in [3.05, 3.63) is 50.7 Å². The Bertz CT molecular complexity index is 540. The molecule has 0 aliphatic heterocycles. The molecule has 2 aromatic rings. The van der Waals surface area contributed by atoms with Gasteiger partial charge in [-0.2, -0.15) is 11.3 Å². The number of ether oxygens (including phenoxy) is 1. The second-order valence-electron chi connectivity index (χ2n) is 3.63. The molecule has 0 aliphatic rings. The fourth-order valence-corrected chi connectivity index (χ4v) is 2.21. The molecule has 0 unspecified atom stereocenters. The van der Waals surface area contributed by atoms with Gasteiger partial charge >= 0.3 is 5.69 Å². The molecule has 1 N–H and O–H groups in total. The first kappa shape index (κ1) is 12.4. The summed E-state index contributed by atoms with van der Waals surface area (Å²) in [7, 11) is 1.42. The van der Waals surface area contributed by atoms with Crippen LogP contribution in [0, 0.1) is 10.1 Å². The van der Waals surface area contributed by atoms with Gasteiger partial charge in [0.1, 0.15) is 0 Å². The third-order valence-electron chi connectivity index (χ3n) is 2.45. The molecule has 2 rings (SSSR count). The number of nitro groups is 1. The molecule has 94 valence electrons. The minimum Gasteiger partial charge on any atom is -0.490 e. The topological polar surface area (TPSA) is 64.4 Å². The average Bonchev–Trinajstić information content (AvgIpc) is 2.89. The van der Waals surface area contributed by atoms with Crippen LogP contribution in [0.2, 0.25) is 0 Å². The van der Waals surface area contributed by atoms with Crippen molar-refractivity contribution in [2.24, 2.45) is 0 Å². The van der Waals surface area contributed by atoms with Crippen LogP contribution in [0.3, 0.4) is 0 Å². The number of nitro benzene ring substituents is 1. The normalized spacial score (nSPS) is 10.1. The van der Waals surface area contributed by atoms with Crippen molar-refractivity contribution in [1.29, 1.82) is 0 Å². The Hall–Kier alpha value is -2.08. The highest BCUT2D eigenvalue weighted by Gasteiger charge is 2.14. The first-order chi connectivity index (χ1) is 8.70. The largest absolute Gasteiger partial charge is 0.490 e. The lowest BCUT2D eigenvalue weighted by Crippen LogP contribution is -2.00. The van der Waals surface area contributed by atoms with Crippen LogP contribution in [-0.2, 0) is 6.54 Å². The van der Waals surface area contributed by atoms with Gasteiger partial charge in [0.25, 0.3) is 0 Å². The maximum Gasteiger partial charge on any atom is 0.312 e. The number of rotatable bonds is 5. The zero-order chi connectivity index (χ0) is 13.0. The molecule has 1 aromatic carbocycles. The van der Waals surface area contributed by atoms with Crippen molar-refractivity contribution in [2.45, 2.75) is 6.54 Å². The van der Waals surface area contributed by atoms with Crippen molar-refractivity contribution >= 4 is 22.7 Å². The van der Waals surface area contributed by atoms with Gasteiger partial charge in [-0.1, -0.05) is 0 Å². The molecule has 5 nitrogen and oxygen atoms in total. The Kier molecular flexibility index (Phi) is 3.78. The Morgan fingerprint density at radius 3 is 2.89 bits per heavy atom. The first-order valence-electron chi connectivity index (χ1n) is 5.28. The van der Waals surface area contributed by atoms with Crippen molar-refractivity contribution in [1.82, 2.24) is 0 Å². The van der Waals surface area contributed by atoms with Gasteiger partial charge in [0.2, 0.25) is 0 Å². The number of benzene rings is 1. The van der Waals surface area contributed by atoms with E-state index in [2.05, 4.69) is 5.32 Å². The first-order valence-corrected chi connectivity index (χ1v) is 6.22. The van der Waals surface area contributed by atoms with Crippen molar-refractivity contribution in [2.75, 3.05) is 12.4 Å². The van der Waals surface area contributed by atoms with E-state index in [0.717, 1.165) is 5.56 Å². The van der Waals surface area contributed by atoms with Gasteiger partial charge in [-0.15, -0.1) is 0 Å². The number of nitrogens with one attached hydrogen (secondary N) is 1. The lowest BCUT2D eigenvalue weighted by Gasteiger charge is -2.07. The van der Waals surface area contributed by atoms with Gasteiger partial charge in [0, 0.05) is 18.3 Å². The van der Waals surface area contributed by atoms with E-state index in [1.54, 1.807) is 23.5 Å². The summed E-state index contributed by atoms with van der Waals surface area (Å²) in [4.78, 5) is 10.4. The quantitative estimate of drug-likeness (QED) is 0.665. The lowest BCUT2D eigenvalue weighted by atomic mass is 10.2. The predicted molar refractivity (Wildman–Crippen MR) is 71.3 cm³/mol. The Labute approximate surface area is 108 Å². The monoisotopic (exact) mass is 264 g/mol. The average molecular weight is 264 g/mol. The van der Waals surface area contributed by atoms with E-state index in [9.17, 15) is 10.1 Å². The minimum absolute atomic E-state index is 0.0344. The lowest BCUT2D eigenvalue weighted by molar-refractivity contribution is -0.385. The highest BCUT2D eigenvalue weighted by atomic mass is 32.1. The fourth-order valence-electron chi connectivity index (χ4n) is 1.54. The summed E-state index contributed by atoms with van der Waals surface area (Å²) in [6, 6.07) is 6.84. The number of anilines is 1. The third-order valence-corrected chi connectivity index (χ3v) is 3.18. The van der Waals surface area contributed by atoms with E-state index in [4.69, 9.17) is 4.74 Å². The van der Waals surface area contributed by atoms with Crippen LogP contribution in [0.15, 0.2) is 35.0 Å². The van der Waals surface area contributed by atoms with E-state index in [0.29, 0.717) is 12.2 Å². The SMILES string of the molecule is COc1ccc(NCc2ccsc2)cc1[N+](=O)[O-]. The van der Waals surface area contributed by atoms with E-state index in [1.165, 1.54) is 13.2 Å². The zero-order valence-electron chi connectivity index (χ0n) is 9.75. The maximum absolute atomic E-state index is 10.9. The molecule has 0 amide bonds. The van der Waals surface area contributed by atoms with E-state index in [1.807, 2.05) is 16.8 Å². The van der Waals surface area contributed by atoms with Crippen LogP contribution < -0.4 is 10.1 Å². The summed E-state index contributed by atoms with van der Waals surface area (Å²) in [5.41, 5.74) is 1.82. The predicted octanol–water partition coefficient (Wildman–Crippen LogP) is 3.28. The van der Waals surface area contributed by atoms with E-state index in [-0.39, 0.29) is 11.4 Å². The fraction of sp³-hybridized carbons (Fsp3) is 0.167. The summed E-state index contributed by atoms with van der Waals surface area (Å²) in [5, 5.41) is 18.0. The molecule has 0 spiro atoms. The molecular formula is C12H12N2O3S. The number of hydrogen-bond acceptors (Lipinski definition) is 5. The molecule has 1 heterocycles.